The van der Waals surface area contributed by atoms with Crippen LogP contribution in [0.4, 0.5) is 4.79 Å². The first-order valence-corrected chi connectivity index (χ1v) is 7.90. The minimum absolute atomic E-state index is 0.0373. The molecule has 2 amide bonds. The number of aliphatic carboxylic acids is 1. The molecule has 0 aromatic carbocycles. The molecule has 21 heavy (non-hydrogen) atoms. The highest BCUT2D eigenvalue weighted by Crippen LogP contribution is 2.37. The molecule has 0 aromatic heterocycles. The van der Waals surface area contributed by atoms with E-state index in [-0.39, 0.29) is 18.0 Å². The molecule has 1 aliphatic rings. The number of nitrogens with zero attached hydrogens (tertiary/aromatic N) is 2. The van der Waals surface area contributed by atoms with Gasteiger partial charge in [0.15, 0.2) is 0 Å². The minimum Gasteiger partial charge on any atom is -0.481 e. The van der Waals surface area contributed by atoms with E-state index in [0.717, 1.165) is 38.5 Å². The molecule has 1 N–H and O–H groups in total. The topological polar surface area (TPSA) is 60.9 Å². The molecule has 0 aromatic rings. The summed E-state index contributed by atoms with van der Waals surface area (Å²) >= 11 is 0. The fraction of sp³-hybridized carbons (Fsp3) is 0.875. The first kappa shape index (κ1) is 17.8. The van der Waals surface area contributed by atoms with Gasteiger partial charge in [-0.25, -0.2) is 4.79 Å². The van der Waals surface area contributed by atoms with Crippen molar-refractivity contribution in [2.45, 2.75) is 76.8 Å². The van der Waals surface area contributed by atoms with Crippen molar-refractivity contribution >= 4 is 12.0 Å². The summed E-state index contributed by atoms with van der Waals surface area (Å²) in [6.07, 6.45) is 5.56. The third-order valence-corrected chi connectivity index (χ3v) is 5.32. The maximum atomic E-state index is 12.8. The number of carbonyl (C=O) groups excluding carboxylic acids is 1. The molecule has 1 aliphatic carbocycles. The number of amides is 2. The van der Waals surface area contributed by atoms with Crippen LogP contribution < -0.4 is 0 Å². The molecule has 1 fully saturated rings. The Hall–Kier alpha value is -1.26. The van der Waals surface area contributed by atoms with E-state index in [9.17, 15) is 14.7 Å². The highest BCUT2D eigenvalue weighted by molar-refractivity contribution is 5.77. The second kappa shape index (κ2) is 6.67. The molecule has 0 atom stereocenters. The predicted octanol–water partition coefficient (Wildman–Crippen LogP) is 3.34. The molecule has 0 radical (unpaired) electrons. The number of hydrogen-bond donors (Lipinski definition) is 1. The second-order valence-electron chi connectivity index (χ2n) is 6.92. The molecule has 0 aliphatic heterocycles. The molecule has 0 spiro atoms. The number of hydrogen-bond acceptors (Lipinski definition) is 2. The Balaban J connectivity index is 2.97. The van der Waals surface area contributed by atoms with Gasteiger partial charge in [0.05, 0.1) is 12.0 Å². The lowest BCUT2D eigenvalue weighted by atomic mass is 9.78. The van der Waals surface area contributed by atoms with Crippen LogP contribution in [-0.2, 0) is 4.79 Å². The van der Waals surface area contributed by atoms with Crippen LogP contribution in [-0.4, -0.2) is 52.1 Å². The molecule has 0 bridgehead atoms. The summed E-state index contributed by atoms with van der Waals surface area (Å²) in [5, 5.41) is 9.25. The van der Waals surface area contributed by atoms with Crippen LogP contribution in [0.2, 0.25) is 0 Å². The van der Waals surface area contributed by atoms with Gasteiger partial charge in [-0.15, -0.1) is 0 Å². The van der Waals surface area contributed by atoms with Crippen molar-refractivity contribution in [3.8, 4) is 0 Å². The highest BCUT2D eigenvalue weighted by Gasteiger charge is 2.42. The summed E-state index contributed by atoms with van der Waals surface area (Å²) in [5.41, 5.74) is -0.760. The molecule has 122 valence electrons. The van der Waals surface area contributed by atoms with Crippen molar-refractivity contribution in [2.75, 3.05) is 14.1 Å². The number of carboxylic acid groups (broad SMARTS) is 1. The quantitative estimate of drug-likeness (QED) is 0.847. The summed E-state index contributed by atoms with van der Waals surface area (Å²) in [6.45, 7) is 6.12. The first-order chi connectivity index (χ1) is 9.66. The SMILES string of the molecule is CCC(C)(C)N(C)C(=O)N(C)C1(CC(=O)O)CCCCC1. The van der Waals surface area contributed by atoms with Gasteiger partial charge >= 0.3 is 12.0 Å². The molecule has 5 heteroatoms. The van der Waals surface area contributed by atoms with Crippen LogP contribution in [0.25, 0.3) is 0 Å². The van der Waals surface area contributed by atoms with Crippen LogP contribution in [0.1, 0.15) is 65.7 Å². The average molecular weight is 298 g/mol. The molecular formula is C16H30N2O3. The van der Waals surface area contributed by atoms with Crippen LogP contribution >= 0.6 is 0 Å². The van der Waals surface area contributed by atoms with Crippen molar-refractivity contribution < 1.29 is 14.7 Å². The summed E-state index contributed by atoms with van der Waals surface area (Å²) in [6, 6.07) is -0.0787. The van der Waals surface area contributed by atoms with E-state index >= 15 is 0 Å². The van der Waals surface area contributed by atoms with E-state index in [1.807, 2.05) is 13.8 Å². The predicted molar refractivity (Wildman–Crippen MR) is 83.4 cm³/mol. The fourth-order valence-corrected chi connectivity index (χ4v) is 3.05. The van der Waals surface area contributed by atoms with E-state index in [2.05, 4.69) is 6.92 Å². The zero-order chi connectivity index (χ0) is 16.3. The largest absolute Gasteiger partial charge is 0.481 e. The molecule has 0 unspecified atom stereocenters. The van der Waals surface area contributed by atoms with E-state index < -0.39 is 11.5 Å². The van der Waals surface area contributed by atoms with Gasteiger partial charge in [0.25, 0.3) is 0 Å². The Morgan fingerprint density at radius 2 is 1.67 bits per heavy atom. The number of carbonyl (C=O) groups is 2. The van der Waals surface area contributed by atoms with Crippen LogP contribution in [0.3, 0.4) is 0 Å². The third-order valence-electron chi connectivity index (χ3n) is 5.32. The minimum atomic E-state index is -0.825. The van der Waals surface area contributed by atoms with Crippen LogP contribution in [0.15, 0.2) is 0 Å². The number of rotatable bonds is 5. The van der Waals surface area contributed by atoms with E-state index in [1.165, 1.54) is 0 Å². The molecule has 1 saturated carbocycles. The molecular weight excluding hydrogens is 268 g/mol. The van der Waals surface area contributed by atoms with Crippen molar-refractivity contribution in [2.24, 2.45) is 0 Å². The van der Waals surface area contributed by atoms with Gasteiger partial charge in [0.2, 0.25) is 0 Å². The van der Waals surface area contributed by atoms with Gasteiger partial charge in [-0.2, -0.15) is 0 Å². The summed E-state index contributed by atoms with van der Waals surface area (Å²) in [4.78, 5) is 27.5. The lowest BCUT2D eigenvalue weighted by Gasteiger charge is -2.47. The molecule has 5 nitrogen and oxygen atoms in total. The van der Waals surface area contributed by atoms with E-state index in [0.29, 0.717) is 0 Å². The summed E-state index contributed by atoms with van der Waals surface area (Å²) < 4.78 is 0. The standard InChI is InChI=1S/C16H30N2O3/c1-6-15(2,3)17(4)14(21)18(5)16(12-13(19)20)10-8-7-9-11-16/h6-12H2,1-5H3,(H,19,20). The maximum Gasteiger partial charge on any atom is 0.320 e. The van der Waals surface area contributed by atoms with Gasteiger partial charge in [-0.05, 0) is 33.1 Å². The molecule has 0 saturated heterocycles. The zero-order valence-electron chi connectivity index (χ0n) is 14.1. The van der Waals surface area contributed by atoms with Gasteiger partial charge in [0.1, 0.15) is 0 Å². The lowest BCUT2D eigenvalue weighted by molar-refractivity contribution is -0.140. The Labute approximate surface area is 128 Å². The average Bonchev–Trinajstić information content (AvgIpc) is 2.45. The lowest BCUT2D eigenvalue weighted by Crippen LogP contribution is -2.58. The molecule has 1 rings (SSSR count). The zero-order valence-corrected chi connectivity index (χ0v) is 14.1. The third kappa shape index (κ3) is 3.89. The smallest absolute Gasteiger partial charge is 0.320 e. The van der Waals surface area contributed by atoms with Crippen molar-refractivity contribution in [3.63, 3.8) is 0 Å². The Bertz CT molecular complexity index is 387. The second-order valence-corrected chi connectivity index (χ2v) is 6.92. The summed E-state index contributed by atoms with van der Waals surface area (Å²) in [5.74, 6) is -0.825. The monoisotopic (exact) mass is 298 g/mol. The normalized spacial score (nSPS) is 18.1. The number of urea groups is 1. The Morgan fingerprint density at radius 3 is 2.10 bits per heavy atom. The van der Waals surface area contributed by atoms with E-state index in [1.54, 1.807) is 23.9 Å². The van der Waals surface area contributed by atoms with Crippen molar-refractivity contribution in [3.05, 3.63) is 0 Å². The van der Waals surface area contributed by atoms with Gasteiger partial charge < -0.3 is 14.9 Å². The van der Waals surface area contributed by atoms with E-state index in [4.69, 9.17) is 0 Å². The van der Waals surface area contributed by atoms with Crippen LogP contribution in [0, 0.1) is 0 Å². The van der Waals surface area contributed by atoms with Gasteiger partial charge in [-0.3, -0.25) is 4.79 Å². The summed E-state index contributed by atoms with van der Waals surface area (Å²) in [7, 11) is 3.57. The van der Waals surface area contributed by atoms with Gasteiger partial charge in [0, 0.05) is 19.6 Å². The highest BCUT2D eigenvalue weighted by atomic mass is 16.4. The molecule has 0 heterocycles. The Kier molecular flexibility index (Phi) is 5.65. The van der Waals surface area contributed by atoms with Crippen LogP contribution in [0.5, 0.6) is 0 Å². The number of carboxylic acids is 1. The maximum absolute atomic E-state index is 12.8. The van der Waals surface area contributed by atoms with Gasteiger partial charge in [-0.1, -0.05) is 26.2 Å². The Morgan fingerprint density at radius 1 is 1.14 bits per heavy atom. The van der Waals surface area contributed by atoms with Crippen molar-refractivity contribution in [1.82, 2.24) is 9.80 Å². The first-order valence-electron chi connectivity index (χ1n) is 7.90. The van der Waals surface area contributed by atoms with Crippen molar-refractivity contribution in [1.29, 1.82) is 0 Å². The fourth-order valence-electron chi connectivity index (χ4n) is 3.05.